The van der Waals surface area contributed by atoms with Crippen molar-refractivity contribution in [2.45, 2.75) is 26.2 Å². The van der Waals surface area contributed by atoms with Crippen molar-refractivity contribution in [2.75, 3.05) is 18.0 Å². The van der Waals surface area contributed by atoms with Gasteiger partial charge in [-0.2, -0.15) is 5.10 Å². The minimum atomic E-state index is -0.195. The largest absolute Gasteiger partial charge is 0.372 e. The molecule has 0 bridgehead atoms. The Hall–Kier alpha value is -2.62. The fourth-order valence-electron chi connectivity index (χ4n) is 2.92. The van der Waals surface area contributed by atoms with Crippen molar-refractivity contribution in [3.8, 4) is 0 Å². The summed E-state index contributed by atoms with van der Waals surface area (Å²) < 4.78 is 0. The maximum atomic E-state index is 12.0. The average Bonchev–Trinajstić information content (AvgIpc) is 2.67. The van der Waals surface area contributed by atoms with Gasteiger partial charge in [-0.05, 0) is 56.0 Å². The molecule has 124 valence electrons. The first kappa shape index (κ1) is 16.2. The van der Waals surface area contributed by atoms with Crippen molar-refractivity contribution in [1.29, 1.82) is 0 Å². The molecule has 1 heterocycles. The van der Waals surface area contributed by atoms with Gasteiger partial charge in [-0.15, -0.1) is 0 Å². The second-order valence-corrected chi connectivity index (χ2v) is 6.10. The third-order valence-electron chi connectivity index (χ3n) is 4.37. The van der Waals surface area contributed by atoms with Crippen molar-refractivity contribution in [3.05, 3.63) is 65.7 Å². The van der Waals surface area contributed by atoms with Crippen molar-refractivity contribution < 1.29 is 4.79 Å². The lowest BCUT2D eigenvalue weighted by molar-refractivity contribution is 0.0955. The number of nitrogens with one attached hydrogen (secondary N) is 1. The number of hydrazone groups is 1. The van der Waals surface area contributed by atoms with Crippen molar-refractivity contribution in [2.24, 2.45) is 5.10 Å². The first-order chi connectivity index (χ1) is 11.7. The summed E-state index contributed by atoms with van der Waals surface area (Å²) in [6.07, 6.45) is 3.88. The molecule has 0 aliphatic carbocycles. The molecule has 1 aliphatic heterocycles. The lowest BCUT2D eigenvalue weighted by Gasteiger charge is -2.28. The van der Waals surface area contributed by atoms with Crippen LogP contribution >= 0.6 is 0 Å². The highest BCUT2D eigenvalue weighted by atomic mass is 16.2. The number of anilines is 1. The molecular weight excluding hydrogens is 298 g/mol. The Bertz CT molecular complexity index is 701. The summed E-state index contributed by atoms with van der Waals surface area (Å²) in [5.41, 5.74) is 6.30. The molecule has 1 amide bonds. The molecule has 0 aromatic heterocycles. The van der Waals surface area contributed by atoms with Gasteiger partial charge in [0.25, 0.3) is 5.91 Å². The number of carbonyl (C=O) groups excluding carboxylic acids is 1. The molecule has 1 aliphatic rings. The smallest absolute Gasteiger partial charge is 0.271 e. The van der Waals surface area contributed by atoms with E-state index in [-0.39, 0.29) is 5.91 Å². The van der Waals surface area contributed by atoms with E-state index in [1.165, 1.54) is 24.9 Å². The summed E-state index contributed by atoms with van der Waals surface area (Å²) in [4.78, 5) is 14.4. The quantitative estimate of drug-likeness (QED) is 0.687. The molecule has 1 N–H and O–H groups in total. The number of nitrogens with zero attached hydrogens (tertiary/aromatic N) is 2. The van der Waals surface area contributed by atoms with E-state index in [4.69, 9.17) is 0 Å². The van der Waals surface area contributed by atoms with Crippen LogP contribution in [0.15, 0.2) is 59.7 Å². The van der Waals surface area contributed by atoms with E-state index in [0.717, 1.165) is 24.4 Å². The molecule has 0 radical (unpaired) electrons. The molecule has 0 spiro atoms. The number of rotatable bonds is 4. The number of carbonyl (C=O) groups is 1. The molecule has 2 aromatic rings. The summed E-state index contributed by atoms with van der Waals surface area (Å²) in [5, 5.41) is 4.22. The monoisotopic (exact) mass is 321 g/mol. The van der Waals surface area contributed by atoms with Crippen LogP contribution in [0, 0.1) is 0 Å². The van der Waals surface area contributed by atoms with E-state index in [9.17, 15) is 4.79 Å². The topological polar surface area (TPSA) is 44.7 Å². The van der Waals surface area contributed by atoms with Gasteiger partial charge in [-0.3, -0.25) is 4.79 Å². The van der Waals surface area contributed by atoms with Gasteiger partial charge in [0.1, 0.15) is 0 Å². The summed E-state index contributed by atoms with van der Waals surface area (Å²) in [6, 6.07) is 17.5. The third kappa shape index (κ3) is 4.02. The van der Waals surface area contributed by atoms with Gasteiger partial charge in [0.05, 0.1) is 5.71 Å². The van der Waals surface area contributed by atoms with E-state index in [1.807, 2.05) is 25.1 Å². The second kappa shape index (κ2) is 7.77. The first-order valence-electron chi connectivity index (χ1n) is 8.49. The molecule has 3 rings (SSSR count). The van der Waals surface area contributed by atoms with Gasteiger partial charge in [0.15, 0.2) is 0 Å². The molecule has 1 saturated heterocycles. The van der Waals surface area contributed by atoms with E-state index in [1.54, 1.807) is 12.1 Å². The Morgan fingerprint density at radius 1 is 0.917 bits per heavy atom. The van der Waals surface area contributed by atoms with Crippen molar-refractivity contribution in [3.63, 3.8) is 0 Å². The number of benzene rings is 2. The SMILES string of the molecule is CC(=NNC(=O)c1ccccc1)c1ccc(N2CCCCC2)cc1. The van der Waals surface area contributed by atoms with Crippen LogP contribution in [0.3, 0.4) is 0 Å². The Balaban J connectivity index is 1.64. The molecule has 2 aromatic carbocycles. The lowest BCUT2D eigenvalue weighted by atomic mass is 10.1. The minimum absolute atomic E-state index is 0.195. The molecule has 0 unspecified atom stereocenters. The number of hydrogen-bond donors (Lipinski definition) is 1. The van der Waals surface area contributed by atoms with Crippen LogP contribution in [0.4, 0.5) is 5.69 Å². The van der Waals surface area contributed by atoms with Gasteiger partial charge in [-0.25, -0.2) is 5.43 Å². The highest BCUT2D eigenvalue weighted by Gasteiger charge is 2.11. The fourth-order valence-corrected chi connectivity index (χ4v) is 2.92. The highest BCUT2D eigenvalue weighted by molar-refractivity contribution is 6.01. The number of piperidine rings is 1. The zero-order valence-corrected chi connectivity index (χ0v) is 14.0. The van der Waals surface area contributed by atoms with E-state index in [0.29, 0.717) is 5.56 Å². The van der Waals surface area contributed by atoms with Crippen molar-refractivity contribution in [1.82, 2.24) is 5.43 Å². The van der Waals surface area contributed by atoms with Gasteiger partial charge >= 0.3 is 0 Å². The second-order valence-electron chi connectivity index (χ2n) is 6.10. The van der Waals surface area contributed by atoms with Crippen LogP contribution in [0.5, 0.6) is 0 Å². The van der Waals surface area contributed by atoms with E-state index < -0.39 is 0 Å². The Labute approximate surface area is 143 Å². The summed E-state index contributed by atoms with van der Waals surface area (Å²) >= 11 is 0. The van der Waals surface area contributed by atoms with Crippen LogP contribution in [0.1, 0.15) is 42.1 Å². The first-order valence-corrected chi connectivity index (χ1v) is 8.49. The fraction of sp³-hybridized carbons (Fsp3) is 0.300. The predicted molar refractivity (Wildman–Crippen MR) is 98.6 cm³/mol. The summed E-state index contributed by atoms with van der Waals surface area (Å²) in [5.74, 6) is -0.195. The highest BCUT2D eigenvalue weighted by Crippen LogP contribution is 2.20. The maximum absolute atomic E-state index is 12.0. The van der Waals surface area contributed by atoms with Gasteiger partial charge in [0.2, 0.25) is 0 Å². The number of hydrogen-bond acceptors (Lipinski definition) is 3. The van der Waals surface area contributed by atoms with E-state index >= 15 is 0 Å². The molecular formula is C20H23N3O. The molecule has 4 nitrogen and oxygen atoms in total. The van der Waals surface area contributed by atoms with Crippen LogP contribution in [-0.4, -0.2) is 24.7 Å². The van der Waals surface area contributed by atoms with Crippen LogP contribution in [0.2, 0.25) is 0 Å². The molecule has 0 saturated carbocycles. The molecule has 4 heteroatoms. The zero-order chi connectivity index (χ0) is 16.8. The Kier molecular flexibility index (Phi) is 5.26. The van der Waals surface area contributed by atoms with Gasteiger partial charge in [0, 0.05) is 24.3 Å². The van der Waals surface area contributed by atoms with Crippen LogP contribution < -0.4 is 10.3 Å². The Morgan fingerprint density at radius 3 is 2.25 bits per heavy atom. The standard InChI is InChI=1S/C20H23N3O/c1-16(21-22-20(24)18-8-4-2-5-9-18)17-10-12-19(13-11-17)23-14-6-3-7-15-23/h2,4-5,8-13H,3,6-7,14-15H2,1H3,(H,22,24). The minimum Gasteiger partial charge on any atom is -0.372 e. The maximum Gasteiger partial charge on any atom is 0.271 e. The lowest BCUT2D eigenvalue weighted by Crippen LogP contribution is -2.29. The summed E-state index contributed by atoms with van der Waals surface area (Å²) in [6.45, 7) is 4.18. The van der Waals surface area contributed by atoms with Crippen LogP contribution in [-0.2, 0) is 0 Å². The zero-order valence-electron chi connectivity index (χ0n) is 14.0. The summed E-state index contributed by atoms with van der Waals surface area (Å²) in [7, 11) is 0. The van der Waals surface area contributed by atoms with Gasteiger partial charge < -0.3 is 4.90 Å². The Morgan fingerprint density at radius 2 is 1.58 bits per heavy atom. The normalized spacial score (nSPS) is 15.2. The average molecular weight is 321 g/mol. The third-order valence-corrected chi connectivity index (χ3v) is 4.37. The molecule has 24 heavy (non-hydrogen) atoms. The van der Waals surface area contributed by atoms with Crippen LogP contribution in [0.25, 0.3) is 0 Å². The molecule has 1 fully saturated rings. The van der Waals surface area contributed by atoms with Crippen molar-refractivity contribution >= 4 is 17.3 Å². The van der Waals surface area contributed by atoms with Gasteiger partial charge in [-0.1, -0.05) is 30.3 Å². The molecule has 0 atom stereocenters. The number of amides is 1. The van der Waals surface area contributed by atoms with E-state index in [2.05, 4.69) is 39.7 Å². The predicted octanol–water partition coefficient (Wildman–Crippen LogP) is 3.83.